The highest BCUT2D eigenvalue weighted by Gasteiger charge is 2.05. The number of methoxy groups -OCH3 is 1. The van der Waals surface area contributed by atoms with E-state index in [2.05, 4.69) is 103 Å². The second-order valence-corrected chi connectivity index (χ2v) is 9.12. The Morgan fingerprint density at radius 3 is 1.69 bits per heavy atom. The van der Waals surface area contributed by atoms with Gasteiger partial charge in [0.05, 0.1) is 0 Å². The maximum atomic E-state index is 9.40. The summed E-state index contributed by atoms with van der Waals surface area (Å²) in [4.78, 5) is 0. The highest BCUT2D eigenvalue weighted by atomic mass is 127. The molecule has 0 aliphatic carbocycles. The third-order valence-electron chi connectivity index (χ3n) is 3.58. The van der Waals surface area contributed by atoms with Gasteiger partial charge in [0, 0.05) is 14.3 Å². The van der Waals surface area contributed by atoms with Gasteiger partial charge in [0.1, 0.15) is 11.8 Å². The minimum absolute atomic E-state index is 0.292. The van der Waals surface area contributed by atoms with E-state index in [1.54, 1.807) is 13.2 Å². The Kier molecular flexibility index (Phi) is 14.0. The fraction of sp³-hybridized carbons (Fsp3) is 0.429. The van der Waals surface area contributed by atoms with Gasteiger partial charge in [0.15, 0.2) is 0 Å². The molecule has 26 heavy (non-hydrogen) atoms. The van der Waals surface area contributed by atoms with Crippen LogP contribution in [-0.2, 0) is 4.74 Å². The summed E-state index contributed by atoms with van der Waals surface area (Å²) in [5.41, 5.74) is 3.90. The van der Waals surface area contributed by atoms with Gasteiger partial charge in [-0.15, -0.1) is 0 Å². The van der Waals surface area contributed by atoms with Gasteiger partial charge in [-0.1, -0.05) is 45.4 Å². The van der Waals surface area contributed by atoms with Gasteiger partial charge < -0.3 is 9.84 Å². The molecular weight excluding hydrogens is 573 g/mol. The van der Waals surface area contributed by atoms with Crippen LogP contribution in [0.25, 0.3) is 0 Å². The number of hydrogen-bond acceptors (Lipinski definition) is 2. The minimum atomic E-state index is 0.292. The first kappa shape index (κ1) is 26.0. The Hall–Kier alpha value is -0.0500. The lowest BCUT2D eigenvalue weighted by Crippen LogP contribution is -1.91. The fourth-order valence-electron chi connectivity index (χ4n) is 2.22. The number of phenols is 1. The summed E-state index contributed by atoms with van der Waals surface area (Å²) in [6, 6.07) is 12.6. The van der Waals surface area contributed by atoms with Crippen molar-refractivity contribution in [3.63, 3.8) is 0 Å². The van der Waals surface area contributed by atoms with Crippen molar-refractivity contribution in [1.82, 2.24) is 0 Å². The zero-order valence-electron chi connectivity index (χ0n) is 16.3. The van der Waals surface area contributed by atoms with E-state index in [9.17, 15) is 5.11 Å². The van der Waals surface area contributed by atoms with E-state index in [1.807, 2.05) is 12.1 Å². The van der Waals surface area contributed by atoms with Crippen LogP contribution in [0.15, 0.2) is 36.4 Å². The van der Waals surface area contributed by atoms with E-state index in [-0.39, 0.29) is 0 Å². The van der Waals surface area contributed by atoms with E-state index in [0.29, 0.717) is 23.7 Å². The number of aromatic hydroxyl groups is 1. The Balaban J connectivity index is 0.000000401. The largest absolute Gasteiger partial charge is 0.508 e. The van der Waals surface area contributed by atoms with Crippen molar-refractivity contribution in [3.05, 3.63) is 60.2 Å². The van der Waals surface area contributed by atoms with Crippen molar-refractivity contribution < 1.29 is 9.84 Å². The molecule has 0 heterocycles. The molecular formula is C21H29ClI2O2. The molecule has 2 nitrogen and oxygen atoms in total. The van der Waals surface area contributed by atoms with Crippen LogP contribution in [0.4, 0.5) is 0 Å². The molecule has 1 N–H and O–H groups in total. The van der Waals surface area contributed by atoms with Crippen molar-refractivity contribution in [3.8, 4) is 5.75 Å². The molecule has 0 aromatic heterocycles. The van der Waals surface area contributed by atoms with Crippen LogP contribution in [0.5, 0.6) is 5.75 Å². The predicted molar refractivity (Wildman–Crippen MR) is 131 cm³/mol. The summed E-state index contributed by atoms with van der Waals surface area (Å²) in [6.07, 6.45) is 0. The van der Waals surface area contributed by atoms with Crippen LogP contribution >= 0.6 is 56.8 Å². The Labute approximate surface area is 191 Å². The van der Waals surface area contributed by atoms with E-state index in [1.165, 1.54) is 18.3 Å². The standard InChI is InChI=1S/C10H13I.C9H11IO.C2H5ClO/c1-7(2)10-6-9(11)5-4-8(10)3;1-6(2)8-5-7(10)3-4-9(8)11;1-4-2-3/h4-7H,1-3H3;3-6,11H,1-2H3;2H2,1H3. The average Bonchev–Trinajstić information content (AvgIpc) is 2.59. The summed E-state index contributed by atoms with van der Waals surface area (Å²) in [7, 11) is 1.55. The summed E-state index contributed by atoms with van der Waals surface area (Å²) >= 11 is 9.56. The molecule has 2 aromatic rings. The van der Waals surface area contributed by atoms with Gasteiger partial charge in [-0.3, -0.25) is 0 Å². The van der Waals surface area contributed by atoms with Crippen LogP contribution in [0.1, 0.15) is 56.2 Å². The third-order valence-corrected chi connectivity index (χ3v) is 5.14. The summed E-state index contributed by atoms with van der Waals surface area (Å²) in [6.45, 7) is 10.8. The highest BCUT2D eigenvalue weighted by Crippen LogP contribution is 2.26. The quantitative estimate of drug-likeness (QED) is 0.289. The second kappa shape index (κ2) is 14.0. The lowest BCUT2D eigenvalue weighted by Gasteiger charge is -2.09. The normalized spacial score (nSPS) is 10.1. The molecule has 0 unspecified atom stereocenters. The van der Waals surface area contributed by atoms with Crippen LogP contribution in [-0.4, -0.2) is 18.3 Å². The third kappa shape index (κ3) is 10.3. The fourth-order valence-corrected chi connectivity index (χ4v) is 3.25. The number of phenolic OH excluding ortho intramolecular Hbond substituents is 1. The van der Waals surface area contributed by atoms with E-state index >= 15 is 0 Å². The first-order valence-electron chi connectivity index (χ1n) is 8.43. The summed E-state index contributed by atoms with van der Waals surface area (Å²) < 4.78 is 6.81. The summed E-state index contributed by atoms with van der Waals surface area (Å²) in [5, 5.41) is 9.40. The molecule has 146 valence electrons. The molecule has 2 aromatic carbocycles. The topological polar surface area (TPSA) is 29.5 Å². The Morgan fingerprint density at radius 2 is 1.35 bits per heavy atom. The molecule has 0 saturated carbocycles. The Morgan fingerprint density at radius 1 is 0.923 bits per heavy atom. The second-order valence-electron chi connectivity index (χ2n) is 6.41. The van der Waals surface area contributed by atoms with Gasteiger partial charge in [-0.05, 0) is 111 Å². The molecule has 0 saturated heterocycles. The highest BCUT2D eigenvalue weighted by molar-refractivity contribution is 14.1. The van der Waals surface area contributed by atoms with Gasteiger partial charge in [0.2, 0.25) is 0 Å². The maximum Gasteiger partial charge on any atom is 0.120 e. The Bertz CT molecular complexity index is 601. The average molecular weight is 603 g/mol. The molecule has 5 heteroatoms. The molecule has 0 atom stereocenters. The van der Waals surface area contributed by atoms with Crippen molar-refractivity contribution in [2.24, 2.45) is 0 Å². The first-order valence-corrected chi connectivity index (χ1v) is 11.1. The number of ether oxygens (including phenoxy) is 1. The zero-order chi connectivity index (χ0) is 20.3. The number of alkyl halides is 1. The van der Waals surface area contributed by atoms with E-state index < -0.39 is 0 Å². The van der Waals surface area contributed by atoms with Crippen LogP contribution in [0.2, 0.25) is 0 Å². The lowest BCUT2D eigenvalue weighted by molar-refractivity contribution is 0.254. The SMILES string of the molecule is CC(C)c1cc(I)ccc1O.COCCl.Cc1ccc(I)cc1C(C)C. The number of benzene rings is 2. The molecule has 0 aliphatic rings. The van der Waals surface area contributed by atoms with Crippen LogP contribution in [0.3, 0.4) is 0 Å². The molecule has 0 spiro atoms. The maximum absolute atomic E-state index is 9.40. The van der Waals surface area contributed by atoms with Crippen molar-refractivity contribution >= 4 is 56.8 Å². The van der Waals surface area contributed by atoms with Gasteiger partial charge >= 0.3 is 0 Å². The molecule has 2 rings (SSSR count). The molecule has 0 amide bonds. The van der Waals surface area contributed by atoms with Gasteiger partial charge in [-0.2, -0.15) is 0 Å². The van der Waals surface area contributed by atoms with E-state index in [4.69, 9.17) is 11.6 Å². The molecule has 0 aliphatic heterocycles. The van der Waals surface area contributed by atoms with Gasteiger partial charge in [0.25, 0.3) is 0 Å². The van der Waals surface area contributed by atoms with Crippen molar-refractivity contribution in [2.45, 2.75) is 46.5 Å². The van der Waals surface area contributed by atoms with E-state index in [0.717, 1.165) is 5.56 Å². The van der Waals surface area contributed by atoms with Crippen LogP contribution in [0, 0.1) is 14.1 Å². The lowest BCUT2D eigenvalue weighted by atomic mass is 9.99. The first-order chi connectivity index (χ1) is 12.1. The predicted octanol–water partition coefficient (Wildman–Crippen LogP) is 7.67. The molecule has 0 radical (unpaired) electrons. The number of halogens is 3. The van der Waals surface area contributed by atoms with Crippen LogP contribution < -0.4 is 0 Å². The summed E-state index contributed by atoms with van der Waals surface area (Å²) in [5.74, 6) is 1.44. The molecule has 0 fully saturated rings. The number of aryl methyl sites for hydroxylation is 1. The number of rotatable bonds is 3. The van der Waals surface area contributed by atoms with Crippen molar-refractivity contribution in [2.75, 3.05) is 13.2 Å². The smallest absolute Gasteiger partial charge is 0.120 e. The van der Waals surface area contributed by atoms with Gasteiger partial charge in [-0.25, -0.2) is 0 Å². The monoisotopic (exact) mass is 602 g/mol. The zero-order valence-corrected chi connectivity index (χ0v) is 21.4. The minimum Gasteiger partial charge on any atom is -0.508 e. The van der Waals surface area contributed by atoms with Crippen molar-refractivity contribution in [1.29, 1.82) is 0 Å². The number of hydrogen-bond donors (Lipinski definition) is 1. The molecule has 0 bridgehead atoms.